The van der Waals surface area contributed by atoms with Gasteiger partial charge in [0.15, 0.2) is 0 Å². The van der Waals surface area contributed by atoms with Crippen molar-refractivity contribution >= 4 is 28.8 Å². The van der Waals surface area contributed by atoms with Gasteiger partial charge in [0.2, 0.25) is 5.91 Å². The molecule has 6 heteroatoms. The molecule has 2 amide bonds. The Hall–Kier alpha value is -2.86. The third-order valence-corrected chi connectivity index (χ3v) is 5.35. The molecule has 1 aliphatic carbocycles. The number of furan rings is 1. The van der Waals surface area contributed by atoms with Gasteiger partial charge in [0, 0.05) is 22.0 Å². The fourth-order valence-corrected chi connectivity index (χ4v) is 3.57. The second-order valence-corrected chi connectivity index (χ2v) is 7.69. The fraction of sp³-hybridized carbons (Fsp3) is 0.238. The lowest BCUT2D eigenvalue weighted by molar-refractivity contribution is -0.117. The summed E-state index contributed by atoms with van der Waals surface area (Å²) < 4.78 is 5.42. The van der Waals surface area contributed by atoms with E-state index in [0.717, 1.165) is 29.2 Å². The number of benzene rings is 1. The van der Waals surface area contributed by atoms with Gasteiger partial charge in [0.25, 0.3) is 5.91 Å². The van der Waals surface area contributed by atoms with Gasteiger partial charge in [-0.3, -0.25) is 9.59 Å². The van der Waals surface area contributed by atoms with E-state index in [0.29, 0.717) is 18.7 Å². The van der Waals surface area contributed by atoms with Crippen LogP contribution in [-0.4, -0.2) is 16.7 Å². The van der Waals surface area contributed by atoms with Crippen LogP contribution < -0.4 is 5.32 Å². The van der Waals surface area contributed by atoms with Gasteiger partial charge in [-0.1, -0.05) is 6.07 Å². The summed E-state index contributed by atoms with van der Waals surface area (Å²) in [7, 11) is 0. The van der Waals surface area contributed by atoms with Gasteiger partial charge in [-0.05, 0) is 60.7 Å². The molecule has 4 rings (SSSR count). The largest absolute Gasteiger partial charge is 0.467 e. The van der Waals surface area contributed by atoms with Gasteiger partial charge in [0.1, 0.15) is 5.76 Å². The second kappa shape index (κ2) is 7.80. The molecular weight excluding hydrogens is 360 g/mol. The summed E-state index contributed by atoms with van der Waals surface area (Å²) in [4.78, 5) is 27.8. The molecule has 2 aromatic heterocycles. The lowest BCUT2D eigenvalue weighted by Crippen LogP contribution is -2.29. The SMILES string of the molecule is O=C(Nc1ccc(C(=O)N(Cc2ccco2)Cc2cccs2)cc1)C1CC1. The molecule has 5 nitrogen and oxygen atoms in total. The number of amides is 2. The first kappa shape index (κ1) is 17.5. The van der Waals surface area contributed by atoms with E-state index < -0.39 is 0 Å². The second-order valence-electron chi connectivity index (χ2n) is 6.66. The smallest absolute Gasteiger partial charge is 0.254 e. The molecule has 0 saturated heterocycles. The Labute approximate surface area is 161 Å². The zero-order valence-corrected chi connectivity index (χ0v) is 15.6. The molecule has 0 spiro atoms. The van der Waals surface area contributed by atoms with Crippen LogP contribution in [0, 0.1) is 5.92 Å². The maximum Gasteiger partial charge on any atom is 0.254 e. The first-order valence-corrected chi connectivity index (χ1v) is 9.82. The maximum atomic E-state index is 13.1. The molecule has 0 bridgehead atoms. The fourth-order valence-electron chi connectivity index (χ4n) is 2.85. The summed E-state index contributed by atoms with van der Waals surface area (Å²) in [6.07, 6.45) is 3.54. The van der Waals surface area contributed by atoms with Crippen molar-refractivity contribution in [3.63, 3.8) is 0 Å². The summed E-state index contributed by atoms with van der Waals surface area (Å²) in [6.45, 7) is 0.932. The van der Waals surface area contributed by atoms with Gasteiger partial charge in [-0.2, -0.15) is 0 Å². The van der Waals surface area contributed by atoms with E-state index in [1.165, 1.54) is 0 Å². The van der Waals surface area contributed by atoms with Crippen LogP contribution in [0.2, 0.25) is 0 Å². The molecule has 0 aliphatic heterocycles. The molecule has 1 aliphatic rings. The average molecular weight is 380 g/mol. The first-order valence-electron chi connectivity index (χ1n) is 8.94. The molecule has 1 aromatic carbocycles. The Morgan fingerprint density at radius 1 is 1.07 bits per heavy atom. The molecule has 1 fully saturated rings. The van der Waals surface area contributed by atoms with E-state index in [9.17, 15) is 9.59 Å². The molecular formula is C21H20N2O3S. The van der Waals surface area contributed by atoms with Crippen LogP contribution in [-0.2, 0) is 17.9 Å². The third kappa shape index (κ3) is 4.46. The van der Waals surface area contributed by atoms with Crippen molar-refractivity contribution in [2.24, 2.45) is 5.92 Å². The Morgan fingerprint density at radius 3 is 2.52 bits per heavy atom. The number of hydrogen-bond acceptors (Lipinski definition) is 4. The molecule has 0 radical (unpaired) electrons. The lowest BCUT2D eigenvalue weighted by Gasteiger charge is -2.21. The Kier molecular flexibility index (Phi) is 5.07. The van der Waals surface area contributed by atoms with E-state index in [1.807, 2.05) is 29.6 Å². The Balaban J connectivity index is 1.48. The summed E-state index contributed by atoms with van der Waals surface area (Å²) in [6, 6.07) is 14.8. The molecule has 0 atom stereocenters. The number of carbonyl (C=O) groups excluding carboxylic acids is 2. The molecule has 2 heterocycles. The van der Waals surface area contributed by atoms with Crippen LogP contribution in [0.3, 0.4) is 0 Å². The molecule has 3 aromatic rings. The predicted molar refractivity (Wildman–Crippen MR) is 104 cm³/mol. The highest BCUT2D eigenvalue weighted by molar-refractivity contribution is 7.09. The minimum Gasteiger partial charge on any atom is -0.467 e. The maximum absolute atomic E-state index is 13.1. The number of rotatable bonds is 7. The zero-order valence-electron chi connectivity index (χ0n) is 14.8. The van der Waals surface area contributed by atoms with E-state index in [4.69, 9.17) is 4.42 Å². The van der Waals surface area contributed by atoms with Crippen LogP contribution in [0.5, 0.6) is 0 Å². The van der Waals surface area contributed by atoms with Gasteiger partial charge in [0.05, 0.1) is 19.4 Å². The van der Waals surface area contributed by atoms with E-state index >= 15 is 0 Å². The number of anilines is 1. The highest BCUT2D eigenvalue weighted by Gasteiger charge is 2.29. The van der Waals surface area contributed by atoms with Crippen molar-refractivity contribution in [3.05, 3.63) is 76.4 Å². The predicted octanol–water partition coefficient (Wildman–Crippen LogP) is 4.53. The summed E-state index contributed by atoms with van der Waals surface area (Å²) in [5, 5.41) is 4.90. The van der Waals surface area contributed by atoms with Crippen LogP contribution in [0.15, 0.2) is 64.6 Å². The minimum absolute atomic E-state index is 0.0613. The van der Waals surface area contributed by atoms with E-state index in [1.54, 1.807) is 46.8 Å². The summed E-state index contributed by atoms with van der Waals surface area (Å²) in [5.41, 5.74) is 1.31. The zero-order chi connectivity index (χ0) is 18.6. The average Bonchev–Trinajstić information content (AvgIpc) is 3.17. The van der Waals surface area contributed by atoms with Gasteiger partial charge < -0.3 is 14.6 Å². The molecule has 138 valence electrons. The summed E-state index contributed by atoms with van der Waals surface area (Å²) >= 11 is 1.62. The van der Waals surface area contributed by atoms with Gasteiger partial charge in [-0.15, -0.1) is 11.3 Å². The van der Waals surface area contributed by atoms with Crippen molar-refractivity contribution < 1.29 is 14.0 Å². The molecule has 27 heavy (non-hydrogen) atoms. The van der Waals surface area contributed by atoms with Crippen LogP contribution in [0.1, 0.15) is 33.8 Å². The molecule has 0 unspecified atom stereocenters. The van der Waals surface area contributed by atoms with Gasteiger partial charge >= 0.3 is 0 Å². The van der Waals surface area contributed by atoms with Crippen LogP contribution in [0.4, 0.5) is 5.69 Å². The van der Waals surface area contributed by atoms with Crippen molar-refractivity contribution in [2.45, 2.75) is 25.9 Å². The quantitative estimate of drug-likeness (QED) is 0.655. The Morgan fingerprint density at radius 2 is 1.89 bits per heavy atom. The normalized spacial score (nSPS) is 13.3. The highest BCUT2D eigenvalue weighted by atomic mass is 32.1. The molecule has 1 N–H and O–H groups in total. The lowest BCUT2D eigenvalue weighted by atomic mass is 10.1. The highest BCUT2D eigenvalue weighted by Crippen LogP contribution is 2.30. The van der Waals surface area contributed by atoms with Gasteiger partial charge in [-0.25, -0.2) is 0 Å². The topological polar surface area (TPSA) is 62.6 Å². The van der Waals surface area contributed by atoms with Crippen LogP contribution in [0.25, 0.3) is 0 Å². The van der Waals surface area contributed by atoms with Crippen LogP contribution >= 0.6 is 11.3 Å². The van der Waals surface area contributed by atoms with E-state index in [2.05, 4.69) is 5.32 Å². The van der Waals surface area contributed by atoms with Crippen molar-refractivity contribution in [1.82, 2.24) is 4.90 Å². The first-order chi connectivity index (χ1) is 13.2. The minimum atomic E-state index is -0.0696. The molecule has 1 saturated carbocycles. The van der Waals surface area contributed by atoms with Crippen molar-refractivity contribution in [3.8, 4) is 0 Å². The van der Waals surface area contributed by atoms with Crippen molar-refractivity contribution in [1.29, 1.82) is 0 Å². The standard InChI is InChI=1S/C21H20N2O3S/c24-20(15-5-6-15)22-17-9-7-16(8-10-17)21(25)23(13-18-3-1-11-26-18)14-19-4-2-12-27-19/h1-4,7-12,15H,5-6,13-14H2,(H,22,24). The van der Waals surface area contributed by atoms with E-state index in [-0.39, 0.29) is 17.7 Å². The summed E-state index contributed by atoms with van der Waals surface area (Å²) in [5.74, 6) is 0.889. The van der Waals surface area contributed by atoms with Crippen molar-refractivity contribution in [2.75, 3.05) is 5.32 Å². The number of carbonyl (C=O) groups is 2. The number of thiophene rings is 1. The number of nitrogens with one attached hydrogen (secondary N) is 1. The third-order valence-electron chi connectivity index (χ3n) is 4.49. The Bertz CT molecular complexity index is 861. The monoisotopic (exact) mass is 380 g/mol. The number of nitrogens with zero attached hydrogens (tertiary/aromatic N) is 1. The number of hydrogen-bond donors (Lipinski definition) is 1.